The molecular weight excluding hydrogens is 338 g/mol. The zero-order valence-electron chi connectivity index (χ0n) is 14.2. The molecule has 2 fully saturated rings. The van der Waals surface area contributed by atoms with Crippen LogP contribution in [0.4, 0.5) is 4.79 Å². The molecule has 2 aliphatic rings. The van der Waals surface area contributed by atoms with Crippen LogP contribution in [0.3, 0.4) is 0 Å². The highest BCUT2D eigenvalue weighted by Gasteiger charge is 2.51. The molecule has 0 bridgehead atoms. The fourth-order valence-corrected chi connectivity index (χ4v) is 3.57. The number of amides is 4. The smallest absolute Gasteiger partial charge is 0.349 e. The monoisotopic (exact) mass is 355 g/mol. The Balaban J connectivity index is 1.56. The first-order valence-electron chi connectivity index (χ1n) is 8.34. The first kappa shape index (κ1) is 16.3. The van der Waals surface area contributed by atoms with Crippen molar-refractivity contribution in [1.82, 2.24) is 15.1 Å². The van der Waals surface area contributed by atoms with Crippen molar-refractivity contribution in [2.75, 3.05) is 20.1 Å². The molecule has 0 unspecified atom stereocenters. The summed E-state index contributed by atoms with van der Waals surface area (Å²) < 4.78 is 5.22. The minimum Gasteiger partial charge on any atom is -0.422 e. The van der Waals surface area contributed by atoms with E-state index in [0.29, 0.717) is 23.8 Å². The number of likely N-dealkylation sites (N-methyl/N-ethyl adjacent to an activating group) is 1. The molecule has 1 aromatic heterocycles. The molecule has 2 aromatic rings. The zero-order chi connectivity index (χ0) is 18.5. The molecule has 2 saturated heterocycles. The van der Waals surface area contributed by atoms with Crippen LogP contribution in [0.25, 0.3) is 11.0 Å². The Bertz CT molecular complexity index is 988. The molecule has 0 radical (unpaired) electrons. The Morgan fingerprint density at radius 1 is 1.15 bits per heavy atom. The summed E-state index contributed by atoms with van der Waals surface area (Å²) in [6.45, 7) is 0.538. The summed E-state index contributed by atoms with van der Waals surface area (Å²) in [6.07, 6.45) is 0.624. The third-order valence-electron chi connectivity index (χ3n) is 5.14. The first-order chi connectivity index (χ1) is 12.4. The van der Waals surface area contributed by atoms with E-state index in [-0.39, 0.29) is 24.6 Å². The van der Waals surface area contributed by atoms with Gasteiger partial charge < -0.3 is 14.6 Å². The Morgan fingerprint density at radius 2 is 1.85 bits per heavy atom. The van der Waals surface area contributed by atoms with Gasteiger partial charge in [-0.15, -0.1) is 0 Å². The molecule has 3 heterocycles. The van der Waals surface area contributed by atoms with E-state index in [1.165, 1.54) is 18.0 Å². The number of carbonyl (C=O) groups excluding carboxylic acids is 3. The predicted octanol–water partition coefficient (Wildman–Crippen LogP) is 0.949. The van der Waals surface area contributed by atoms with Gasteiger partial charge in [0.2, 0.25) is 0 Å². The first-order valence-corrected chi connectivity index (χ1v) is 8.34. The van der Waals surface area contributed by atoms with Crippen LogP contribution in [0.15, 0.2) is 39.5 Å². The van der Waals surface area contributed by atoms with E-state index in [9.17, 15) is 19.2 Å². The fourth-order valence-electron chi connectivity index (χ4n) is 3.57. The quantitative estimate of drug-likeness (QED) is 0.606. The summed E-state index contributed by atoms with van der Waals surface area (Å²) in [5, 5.41) is 3.39. The molecule has 1 N–H and O–H groups in total. The molecule has 2 aliphatic heterocycles. The molecule has 26 heavy (non-hydrogen) atoms. The molecule has 8 heteroatoms. The number of hydrogen-bond acceptors (Lipinski definition) is 5. The molecule has 0 atom stereocenters. The summed E-state index contributed by atoms with van der Waals surface area (Å²) in [4.78, 5) is 51.6. The van der Waals surface area contributed by atoms with Gasteiger partial charge in [0.15, 0.2) is 0 Å². The van der Waals surface area contributed by atoms with Crippen LogP contribution >= 0.6 is 0 Å². The van der Waals surface area contributed by atoms with Crippen LogP contribution < -0.4 is 10.9 Å². The number of rotatable bonds is 1. The summed E-state index contributed by atoms with van der Waals surface area (Å²) in [5.74, 6) is -0.704. The Morgan fingerprint density at radius 3 is 2.50 bits per heavy atom. The number of hydrogen-bond donors (Lipinski definition) is 1. The maximum Gasteiger partial charge on any atom is 0.349 e. The van der Waals surface area contributed by atoms with E-state index < -0.39 is 23.1 Å². The lowest BCUT2D eigenvalue weighted by atomic mass is 9.87. The number of piperidine rings is 1. The van der Waals surface area contributed by atoms with E-state index in [0.717, 1.165) is 4.90 Å². The van der Waals surface area contributed by atoms with Gasteiger partial charge in [-0.1, -0.05) is 18.2 Å². The topological polar surface area (TPSA) is 99.9 Å². The average Bonchev–Trinajstić information content (AvgIpc) is 2.85. The van der Waals surface area contributed by atoms with Crippen LogP contribution in [0, 0.1) is 0 Å². The lowest BCUT2D eigenvalue weighted by molar-refractivity contribution is -0.131. The number of likely N-dealkylation sites (tertiary alicyclic amines) is 1. The largest absolute Gasteiger partial charge is 0.422 e. The van der Waals surface area contributed by atoms with Crippen molar-refractivity contribution in [3.05, 3.63) is 46.3 Å². The van der Waals surface area contributed by atoms with Crippen molar-refractivity contribution in [3.8, 4) is 0 Å². The van der Waals surface area contributed by atoms with Crippen molar-refractivity contribution in [2.45, 2.75) is 18.4 Å². The highest BCUT2D eigenvalue weighted by Crippen LogP contribution is 2.29. The normalized spacial score (nSPS) is 19.3. The van der Waals surface area contributed by atoms with Crippen molar-refractivity contribution >= 4 is 28.8 Å². The van der Waals surface area contributed by atoms with Gasteiger partial charge >= 0.3 is 11.7 Å². The second kappa shape index (κ2) is 5.69. The molecular formula is C18H17N3O5. The maximum atomic E-state index is 12.8. The maximum absolute atomic E-state index is 12.8. The van der Waals surface area contributed by atoms with Gasteiger partial charge in [0.1, 0.15) is 16.7 Å². The van der Waals surface area contributed by atoms with Crippen LogP contribution in [0.5, 0.6) is 0 Å². The summed E-state index contributed by atoms with van der Waals surface area (Å²) in [7, 11) is 1.43. The van der Waals surface area contributed by atoms with E-state index in [1.807, 2.05) is 0 Å². The molecule has 0 aliphatic carbocycles. The van der Waals surface area contributed by atoms with Crippen molar-refractivity contribution in [1.29, 1.82) is 0 Å². The molecule has 4 rings (SSSR count). The third-order valence-corrected chi connectivity index (χ3v) is 5.14. The standard InChI is InChI=1S/C18H17N3O5/c1-20-16(24)18(19-17(20)25)6-8-21(9-7-18)14(22)12-10-11-4-2-3-5-13(11)26-15(12)23/h2-5,10H,6-9H2,1H3,(H,19,25). The highest BCUT2D eigenvalue weighted by atomic mass is 16.4. The number of nitrogens with one attached hydrogen (secondary N) is 1. The molecule has 1 aromatic carbocycles. The van der Waals surface area contributed by atoms with E-state index in [4.69, 9.17) is 4.42 Å². The summed E-state index contributed by atoms with van der Waals surface area (Å²) >= 11 is 0. The van der Waals surface area contributed by atoms with Crippen LogP contribution in [-0.2, 0) is 4.79 Å². The minimum atomic E-state index is -0.948. The van der Waals surface area contributed by atoms with Crippen molar-refractivity contribution in [2.24, 2.45) is 0 Å². The molecule has 8 nitrogen and oxygen atoms in total. The molecule has 1 spiro atoms. The number of fused-ring (bicyclic) bond motifs is 1. The van der Waals surface area contributed by atoms with Crippen LogP contribution in [0.2, 0.25) is 0 Å². The molecule has 4 amide bonds. The fraction of sp³-hybridized carbons (Fsp3) is 0.333. The lowest BCUT2D eigenvalue weighted by Crippen LogP contribution is -2.56. The average molecular weight is 355 g/mol. The Labute approximate surface area is 148 Å². The SMILES string of the molecule is CN1C(=O)NC2(CCN(C(=O)c3cc4ccccc4oc3=O)CC2)C1=O. The van der Waals surface area contributed by atoms with Crippen molar-refractivity contribution in [3.63, 3.8) is 0 Å². The molecule has 0 saturated carbocycles. The van der Waals surface area contributed by atoms with Gasteiger partial charge in [-0.3, -0.25) is 14.5 Å². The number of imide groups is 1. The van der Waals surface area contributed by atoms with E-state index >= 15 is 0 Å². The van der Waals surface area contributed by atoms with Gasteiger partial charge in [0.05, 0.1) is 0 Å². The van der Waals surface area contributed by atoms with Crippen LogP contribution in [-0.4, -0.2) is 53.3 Å². The number of nitrogens with zero attached hydrogens (tertiary/aromatic N) is 2. The minimum absolute atomic E-state index is 0.0291. The number of carbonyl (C=O) groups is 3. The third kappa shape index (κ3) is 2.37. The van der Waals surface area contributed by atoms with Gasteiger partial charge in [0, 0.05) is 25.5 Å². The zero-order valence-corrected chi connectivity index (χ0v) is 14.2. The van der Waals surface area contributed by atoms with Gasteiger partial charge in [-0.25, -0.2) is 9.59 Å². The van der Waals surface area contributed by atoms with E-state index in [2.05, 4.69) is 5.32 Å². The van der Waals surface area contributed by atoms with Gasteiger partial charge in [0.25, 0.3) is 11.8 Å². The second-order valence-corrected chi connectivity index (χ2v) is 6.65. The second-order valence-electron chi connectivity index (χ2n) is 6.65. The van der Waals surface area contributed by atoms with Gasteiger partial charge in [-0.05, 0) is 25.0 Å². The number of urea groups is 1. The van der Waals surface area contributed by atoms with Crippen LogP contribution in [0.1, 0.15) is 23.2 Å². The summed E-state index contributed by atoms with van der Waals surface area (Å²) in [6, 6.07) is 8.09. The number of benzene rings is 1. The Kier molecular flexibility index (Phi) is 3.57. The number of para-hydroxylation sites is 1. The van der Waals surface area contributed by atoms with Gasteiger partial charge in [-0.2, -0.15) is 0 Å². The lowest BCUT2D eigenvalue weighted by Gasteiger charge is -2.37. The highest BCUT2D eigenvalue weighted by molar-refractivity contribution is 6.07. The predicted molar refractivity (Wildman–Crippen MR) is 91.7 cm³/mol. The van der Waals surface area contributed by atoms with Crippen molar-refractivity contribution < 1.29 is 18.8 Å². The summed E-state index contributed by atoms with van der Waals surface area (Å²) in [5.41, 5.74) is -1.23. The van der Waals surface area contributed by atoms with E-state index in [1.54, 1.807) is 24.3 Å². The molecule has 134 valence electrons. The Hall–Kier alpha value is -3.16.